The van der Waals surface area contributed by atoms with Gasteiger partial charge < -0.3 is 15.0 Å². The fourth-order valence-corrected chi connectivity index (χ4v) is 3.10. The number of aryl methyl sites for hydroxylation is 2. The number of H-pyrrole nitrogens is 1. The highest BCUT2D eigenvalue weighted by molar-refractivity contribution is 5.99. The quantitative estimate of drug-likeness (QED) is 0.911. The molecule has 3 rings (SSSR count). The Kier molecular flexibility index (Phi) is 3.97. The molecule has 1 amide bonds. The molecule has 21 heavy (non-hydrogen) atoms. The summed E-state index contributed by atoms with van der Waals surface area (Å²) in [4.78, 5) is 15.8. The van der Waals surface area contributed by atoms with Crippen molar-refractivity contribution in [2.24, 2.45) is 0 Å². The molecule has 1 aromatic carbocycles. The first-order valence-electron chi connectivity index (χ1n) is 7.69. The Bertz CT molecular complexity index is 654. The second-order valence-electron chi connectivity index (χ2n) is 5.73. The van der Waals surface area contributed by atoms with E-state index in [2.05, 4.69) is 24.1 Å². The van der Waals surface area contributed by atoms with Gasteiger partial charge in [-0.2, -0.15) is 0 Å². The molecular formula is C17H22N2O2. The number of aromatic amines is 1. The van der Waals surface area contributed by atoms with Gasteiger partial charge in [-0.05, 0) is 49.9 Å². The van der Waals surface area contributed by atoms with Crippen LogP contribution >= 0.6 is 0 Å². The molecular weight excluding hydrogens is 264 g/mol. The first-order chi connectivity index (χ1) is 10.2. The van der Waals surface area contributed by atoms with Gasteiger partial charge in [0.2, 0.25) is 0 Å². The molecule has 1 fully saturated rings. The Morgan fingerprint density at radius 3 is 3.05 bits per heavy atom. The van der Waals surface area contributed by atoms with Crippen molar-refractivity contribution in [2.75, 3.05) is 13.2 Å². The van der Waals surface area contributed by atoms with E-state index in [9.17, 15) is 4.79 Å². The lowest BCUT2D eigenvalue weighted by molar-refractivity contribution is 0.0624. The number of fused-ring (bicyclic) bond motifs is 1. The van der Waals surface area contributed by atoms with Gasteiger partial charge in [0.1, 0.15) is 0 Å². The highest BCUT2D eigenvalue weighted by atomic mass is 16.5. The summed E-state index contributed by atoms with van der Waals surface area (Å²) in [7, 11) is 0. The van der Waals surface area contributed by atoms with E-state index >= 15 is 0 Å². The normalized spacial score (nSPS) is 18.9. The number of benzene rings is 1. The molecule has 1 saturated heterocycles. The van der Waals surface area contributed by atoms with E-state index in [1.165, 1.54) is 11.3 Å². The van der Waals surface area contributed by atoms with Gasteiger partial charge >= 0.3 is 0 Å². The van der Waals surface area contributed by atoms with E-state index in [0.29, 0.717) is 6.61 Å². The summed E-state index contributed by atoms with van der Waals surface area (Å²) in [5.74, 6) is -0.00620. The van der Waals surface area contributed by atoms with Crippen molar-refractivity contribution in [3.05, 3.63) is 35.0 Å². The molecule has 0 bridgehead atoms. The zero-order valence-electron chi connectivity index (χ0n) is 12.7. The number of nitrogens with one attached hydrogen (secondary N) is 2. The van der Waals surface area contributed by atoms with Crippen molar-refractivity contribution < 1.29 is 9.53 Å². The molecule has 112 valence electrons. The predicted molar refractivity (Wildman–Crippen MR) is 83.7 cm³/mol. The van der Waals surface area contributed by atoms with Gasteiger partial charge in [0.05, 0.1) is 12.6 Å². The number of hydrogen-bond acceptors (Lipinski definition) is 2. The van der Waals surface area contributed by atoms with Crippen LogP contribution in [0.1, 0.15) is 41.4 Å². The maximum absolute atomic E-state index is 12.4. The zero-order chi connectivity index (χ0) is 14.8. The summed E-state index contributed by atoms with van der Waals surface area (Å²) in [5, 5.41) is 4.23. The highest BCUT2D eigenvalue weighted by Gasteiger charge is 2.18. The first kappa shape index (κ1) is 14.1. The number of ether oxygens (including phenoxy) is 1. The van der Waals surface area contributed by atoms with Crippen molar-refractivity contribution in [2.45, 2.75) is 39.2 Å². The lowest BCUT2D eigenvalue weighted by Gasteiger charge is -2.23. The molecule has 0 spiro atoms. The summed E-state index contributed by atoms with van der Waals surface area (Å²) in [6, 6.07) is 6.02. The van der Waals surface area contributed by atoms with Crippen LogP contribution in [0.5, 0.6) is 0 Å². The minimum atomic E-state index is -0.00620. The van der Waals surface area contributed by atoms with Crippen LogP contribution in [0.4, 0.5) is 0 Å². The largest absolute Gasteiger partial charge is 0.379 e. The van der Waals surface area contributed by atoms with Crippen molar-refractivity contribution in [3.8, 4) is 0 Å². The molecule has 2 heterocycles. The fraction of sp³-hybridized carbons (Fsp3) is 0.471. The van der Waals surface area contributed by atoms with Crippen LogP contribution in [0.15, 0.2) is 18.2 Å². The molecule has 1 aliphatic heterocycles. The average Bonchev–Trinajstić information content (AvgIpc) is 2.82. The smallest absolute Gasteiger partial charge is 0.251 e. The monoisotopic (exact) mass is 286 g/mol. The lowest BCUT2D eigenvalue weighted by Crippen LogP contribution is -2.40. The molecule has 0 saturated carbocycles. The molecule has 0 unspecified atom stereocenters. The number of carbonyl (C=O) groups is 1. The van der Waals surface area contributed by atoms with Crippen molar-refractivity contribution in [3.63, 3.8) is 0 Å². The zero-order valence-corrected chi connectivity index (χ0v) is 12.7. The van der Waals surface area contributed by atoms with E-state index in [4.69, 9.17) is 4.74 Å². The Morgan fingerprint density at radius 1 is 1.48 bits per heavy atom. The second-order valence-corrected chi connectivity index (χ2v) is 5.73. The Balaban J connectivity index is 1.84. The summed E-state index contributed by atoms with van der Waals surface area (Å²) in [6.07, 6.45) is 2.98. The van der Waals surface area contributed by atoms with Crippen LogP contribution in [0, 0.1) is 6.92 Å². The van der Waals surface area contributed by atoms with Gasteiger partial charge in [0.25, 0.3) is 5.91 Å². The first-order valence-corrected chi connectivity index (χ1v) is 7.69. The van der Waals surface area contributed by atoms with E-state index in [1.807, 2.05) is 18.2 Å². The standard InChI is InChI=1S/C17H22N2O2/c1-3-14-11(2)18-16-7-6-12(9-15(14)16)17(20)19-13-5-4-8-21-10-13/h6-7,9,13,18H,3-5,8,10H2,1-2H3,(H,19,20)/t13-/m0/s1. The maximum Gasteiger partial charge on any atom is 0.251 e. The van der Waals surface area contributed by atoms with Crippen LogP contribution < -0.4 is 5.32 Å². The minimum Gasteiger partial charge on any atom is -0.379 e. The van der Waals surface area contributed by atoms with Gasteiger partial charge in [-0.3, -0.25) is 4.79 Å². The SMILES string of the molecule is CCc1c(C)[nH]c2ccc(C(=O)N[C@H]3CCCOC3)cc12. The van der Waals surface area contributed by atoms with Gasteiger partial charge in [-0.1, -0.05) is 6.92 Å². The topological polar surface area (TPSA) is 54.1 Å². The molecule has 2 N–H and O–H groups in total. The summed E-state index contributed by atoms with van der Waals surface area (Å²) in [5.41, 5.74) is 4.30. The van der Waals surface area contributed by atoms with Gasteiger partial charge in [0, 0.05) is 28.8 Å². The third-order valence-electron chi connectivity index (χ3n) is 4.23. The molecule has 1 aromatic heterocycles. The average molecular weight is 286 g/mol. The Morgan fingerprint density at radius 2 is 2.33 bits per heavy atom. The number of hydrogen-bond donors (Lipinski definition) is 2. The van der Waals surface area contributed by atoms with E-state index in [1.54, 1.807) is 0 Å². The molecule has 4 heteroatoms. The maximum atomic E-state index is 12.4. The van der Waals surface area contributed by atoms with E-state index in [0.717, 1.165) is 42.3 Å². The van der Waals surface area contributed by atoms with Gasteiger partial charge in [0.15, 0.2) is 0 Å². The Hall–Kier alpha value is -1.81. The van der Waals surface area contributed by atoms with Crippen LogP contribution in [-0.4, -0.2) is 30.1 Å². The van der Waals surface area contributed by atoms with Gasteiger partial charge in [-0.25, -0.2) is 0 Å². The number of aromatic nitrogens is 1. The van der Waals surface area contributed by atoms with Crippen LogP contribution in [0.25, 0.3) is 10.9 Å². The third kappa shape index (κ3) is 2.81. The highest BCUT2D eigenvalue weighted by Crippen LogP contribution is 2.24. The fourth-order valence-electron chi connectivity index (χ4n) is 3.10. The molecule has 1 atom stereocenters. The summed E-state index contributed by atoms with van der Waals surface area (Å²) >= 11 is 0. The molecule has 1 aliphatic rings. The van der Waals surface area contributed by atoms with Crippen molar-refractivity contribution in [1.82, 2.24) is 10.3 Å². The molecule has 4 nitrogen and oxygen atoms in total. The van der Waals surface area contributed by atoms with Crippen molar-refractivity contribution in [1.29, 1.82) is 0 Å². The van der Waals surface area contributed by atoms with E-state index in [-0.39, 0.29) is 11.9 Å². The minimum absolute atomic E-state index is 0.00620. The van der Waals surface area contributed by atoms with Crippen LogP contribution in [-0.2, 0) is 11.2 Å². The Labute approximate surface area is 124 Å². The molecule has 0 radical (unpaired) electrons. The second kappa shape index (κ2) is 5.90. The van der Waals surface area contributed by atoms with Gasteiger partial charge in [-0.15, -0.1) is 0 Å². The summed E-state index contributed by atoms with van der Waals surface area (Å²) in [6.45, 7) is 5.65. The predicted octanol–water partition coefficient (Wildman–Crippen LogP) is 2.95. The third-order valence-corrected chi connectivity index (χ3v) is 4.23. The number of rotatable bonds is 3. The summed E-state index contributed by atoms with van der Waals surface area (Å²) < 4.78 is 5.41. The van der Waals surface area contributed by atoms with Crippen LogP contribution in [0.2, 0.25) is 0 Å². The lowest BCUT2D eigenvalue weighted by atomic mass is 10.0. The van der Waals surface area contributed by atoms with Crippen molar-refractivity contribution >= 4 is 16.8 Å². The number of amides is 1. The molecule has 0 aliphatic carbocycles. The number of carbonyl (C=O) groups excluding carboxylic acids is 1. The molecule has 2 aromatic rings. The van der Waals surface area contributed by atoms with Crippen LogP contribution in [0.3, 0.4) is 0 Å². The van der Waals surface area contributed by atoms with E-state index < -0.39 is 0 Å².